The van der Waals surface area contributed by atoms with Gasteiger partial charge in [0.05, 0.1) is 25.4 Å². The highest BCUT2D eigenvalue weighted by molar-refractivity contribution is 5.76. The number of nitrogens with one attached hydrogen (secondary N) is 1. The fourth-order valence-electron chi connectivity index (χ4n) is 11.3. The topological polar surface area (TPSA) is 149 Å². The lowest BCUT2D eigenvalue weighted by Gasteiger charge is -2.40. The third kappa shape index (κ3) is 45.6. The minimum Gasteiger partial charge on any atom is -0.394 e. The highest BCUT2D eigenvalue weighted by atomic mass is 16.7. The van der Waals surface area contributed by atoms with Crippen LogP contribution in [-0.2, 0) is 14.3 Å². The van der Waals surface area contributed by atoms with E-state index >= 15 is 0 Å². The largest absolute Gasteiger partial charge is 0.394 e. The number of carbonyl (C=O) groups is 1. The van der Waals surface area contributed by atoms with Gasteiger partial charge in [0.1, 0.15) is 24.4 Å². The van der Waals surface area contributed by atoms with Gasteiger partial charge in [0.15, 0.2) is 6.29 Å². The summed E-state index contributed by atoms with van der Waals surface area (Å²) in [5.41, 5.74) is 0. The van der Waals surface area contributed by atoms with Crippen molar-refractivity contribution < 1.29 is 39.8 Å². The Hall–Kier alpha value is -1.07. The molecule has 1 aliphatic heterocycles. The van der Waals surface area contributed by atoms with Crippen molar-refractivity contribution in [2.75, 3.05) is 13.2 Å². The van der Waals surface area contributed by atoms with Crippen molar-refractivity contribution in [3.05, 3.63) is 12.2 Å². The Kier molecular flexibility index (Phi) is 54.9. The molecule has 76 heavy (non-hydrogen) atoms. The van der Waals surface area contributed by atoms with Crippen LogP contribution in [0.2, 0.25) is 0 Å². The van der Waals surface area contributed by atoms with Gasteiger partial charge in [-0.15, -0.1) is 0 Å². The molecular formula is C67H131NO8. The number of hydrogen-bond donors (Lipinski definition) is 6. The molecule has 1 saturated heterocycles. The van der Waals surface area contributed by atoms with Gasteiger partial charge in [-0.1, -0.05) is 321 Å². The van der Waals surface area contributed by atoms with E-state index in [4.69, 9.17) is 9.47 Å². The van der Waals surface area contributed by atoms with Crippen LogP contribution < -0.4 is 5.32 Å². The third-order valence-electron chi connectivity index (χ3n) is 16.6. The van der Waals surface area contributed by atoms with Gasteiger partial charge >= 0.3 is 0 Å². The second kappa shape index (κ2) is 57.2. The molecule has 0 spiro atoms. The summed E-state index contributed by atoms with van der Waals surface area (Å²) in [5, 5.41) is 54.9. The normalized spacial score (nSPS) is 18.8. The van der Waals surface area contributed by atoms with Gasteiger partial charge in [0.25, 0.3) is 0 Å². The number of ether oxygens (including phenoxy) is 2. The number of aliphatic hydroxyl groups is 5. The van der Waals surface area contributed by atoms with Crippen LogP contribution in [0.5, 0.6) is 0 Å². The second-order valence-corrected chi connectivity index (χ2v) is 24.0. The first kappa shape index (κ1) is 72.9. The molecule has 1 rings (SSSR count). The second-order valence-electron chi connectivity index (χ2n) is 24.0. The van der Waals surface area contributed by atoms with Gasteiger partial charge in [0, 0.05) is 6.42 Å². The first-order chi connectivity index (χ1) is 37.3. The van der Waals surface area contributed by atoms with E-state index in [-0.39, 0.29) is 12.5 Å². The van der Waals surface area contributed by atoms with Gasteiger partial charge in [0.2, 0.25) is 5.91 Å². The summed E-state index contributed by atoms with van der Waals surface area (Å²) in [7, 11) is 0. The van der Waals surface area contributed by atoms with E-state index in [1.165, 1.54) is 289 Å². The number of carbonyl (C=O) groups excluding carboxylic acids is 1. The van der Waals surface area contributed by atoms with Crippen molar-refractivity contribution in [2.24, 2.45) is 0 Å². The third-order valence-corrected chi connectivity index (χ3v) is 16.6. The summed E-state index contributed by atoms with van der Waals surface area (Å²) in [4.78, 5) is 13.1. The summed E-state index contributed by atoms with van der Waals surface area (Å²) >= 11 is 0. The molecule has 0 aromatic carbocycles. The molecule has 0 aliphatic carbocycles. The molecule has 9 heteroatoms. The number of unbranched alkanes of at least 4 members (excludes halogenated alkanes) is 48. The van der Waals surface area contributed by atoms with Crippen LogP contribution in [0.4, 0.5) is 0 Å². The fourth-order valence-corrected chi connectivity index (χ4v) is 11.3. The van der Waals surface area contributed by atoms with E-state index in [9.17, 15) is 30.3 Å². The average Bonchev–Trinajstić information content (AvgIpc) is 3.42. The Labute approximate surface area is 471 Å². The monoisotopic (exact) mass is 1080 g/mol. The zero-order valence-corrected chi connectivity index (χ0v) is 50.5. The Balaban J connectivity index is 2.12. The van der Waals surface area contributed by atoms with Crippen molar-refractivity contribution in [2.45, 2.75) is 397 Å². The molecule has 0 aromatic rings. The van der Waals surface area contributed by atoms with Gasteiger partial charge in [-0.2, -0.15) is 0 Å². The highest BCUT2D eigenvalue weighted by Crippen LogP contribution is 2.24. The van der Waals surface area contributed by atoms with Gasteiger partial charge < -0.3 is 40.3 Å². The molecule has 452 valence electrons. The quantitative estimate of drug-likeness (QED) is 0.0261. The first-order valence-corrected chi connectivity index (χ1v) is 33.9. The highest BCUT2D eigenvalue weighted by Gasteiger charge is 2.44. The fraction of sp³-hybridized carbons (Fsp3) is 0.955. The van der Waals surface area contributed by atoms with E-state index in [1.54, 1.807) is 0 Å². The van der Waals surface area contributed by atoms with Crippen molar-refractivity contribution in [1.29, 1.82) is 0 Å². The van der Waals surface area contributed by atoms with Crippen molar-refractivity contribution in [1.82, 2.24) is 5.32 Å². The first-order valence-electron chi connectivity index (χ1n) is 33.9. The van der Waals surface area contributed by atoms with E-state index < -0.39 is 49.5 Å². The van der Waals surface area contributed by atoms with Crippen LogP contribution in [0, 0.1) is 0 Å². The molecule has 7 unspecified atom stereocenters. The summed E-state index contributed by atoms with van der Waals surface area (Å²) in [6.07, 6.45) is 65.6. The molecule has 1 heterocycles. The lowest BCUT2D eigenvalue weighted by Crippen LogP contribution is -2.60. The minimum atomic E-state index is -1.55. The minimum absolute atomic E-state index is 0.132. The molecule has 1 aliphatic rings. The van der Waals surface area contributed by atoms with Crippen LogP contribution in [-0.4, -0.2) is 87.5 Å². The zero-order valence-electron chi connectivity index (χ0n) is 50.5. The van der Waals surface area contributed by atoms with Crippen molar-refractivity contribution in [3.8, 4) is 0 Å². The molecule has 7 atom stereocenters. The molecule has 1 fully saturated rings. The predicted octanol–water partition coefficient (Wildman–Crippen LogP) is 17.9. The molecule has 6 N–H and O–H groups in total. The van der Waals surface area contributed by atoms with E-state index in [2.05, 4.69) is 31.3 Å². The molecule has 0 saturated carbocycles. The Morgan fingerprint density at radius 2 is 0.737 bits per heavy atom. The summed E-state index contributed by atoms with van der Waals surface area (Å²) in [6.45, 7) is 3.90. The lowest BCUT2D eigenvalue weighted by atomic mass is 9.99. The Morgan fingerprint density at radius 3 is 1.07 bits per heavy atom. The maximum absolute atomic E-state index is 13.1. The molecule has 0 radical (unpaired) electrons. The SMILES string of the molecule is CCCCCCCCCC/C=C\CCCCCCCCCCCCCCCCCC(=O)NC(COC1OC(CO)C(O)C(O)C1O)C(O)CCCCCCCCCCCCCCCCCCCCCCCCCCCC. The average molecular weight is 1080 g/mol. The van der Waals surface area contributed by atoms with Gasteiger partial charge in [-0.3, -0.25) is 4.79 Å². The maximum Gasteiger partial charge on any atom is 0.220 e. The predicted molar refractivity (Wildman–Crippen MR) is 323 cm³/mol. The van der Waals surface area contributed by atoms with Crippen LogP contribution in [0.15, 0.2) is 12.2 Å². The molecule has 0 bridgehead atoms. The standard InChI is InChI=1S/C67H131NO8/c1-3-5-7-9-11-13-15-17-19-21-23-25-27-29-31-33-35-37-39-41-43-45-47-49-51-53-55-57-63(71)68-60(59-75-67-66(74)65(73)64(72)62(58-69)76-67)61(70)56-54-52-50-48-46-44-42-40-38-36-34-32-30-28-26-24-22-20-18-16-14-12-10-8-6-4-2/h21,23,60-62,64-67,69-70,72-74H,3-20,22,24-59H2,1-2H3,(H,68,71)/b23-21-. The van der Waals surface area contributed by atoms with Crippen molar-refractivity contribution in [3.63, 3.8) is 0 Å². The lowest BCUT2D eigenvalue weighted by molar-refractivity contribution is -0.302. The van der Waals surface area contributed by atoms with E-state index in [1.807, 2.05) is 0 Å². The van der Waals surface area contributed by atoms with E-state index in [0.29, 0.717) is 12.8 Å². The van der Waals surface area contributed by atoms with Gasteiger partial charge in [-0.05, 0) is 38.5 Å². The number of aliphatic hydroxyl groups excluding tert-OH is 5. The van der Waals surface area contributed by atoms with Crippen LogP contribution in [0.25, 0.3) is 0 Å². The molecular weight excluding hydrogens is 947 g/mol. The van der Waals surface area contributed by atoms with E-state index in [0.717, 1.165) is 38.5 Å². The van der Waals surface area contributed by atoms with Gasteiger partial charge in [-0.25, -0.2) is 0 Å². The summed E-state index contributed by atoms with van der Waals surface area (Å²) < 4.78 is 11.4. The number of amides is 1. The smallest absolute Gasteiger partial charge is 0.220 e. The van der Waals surface area contributed by atoms with Crippen molar-refractivity contribution >= 4 is 5.91 Å². The molecule has 0 aromatic heterocycles. The maximum atomic E-state index is 13.1. The van der Waals surface area contributed by atoms with Crippen LogP contribution in [0.1, 0.15) is 354 Å². The molecule has 9 nitrogen and oxygen atoms in total. The molecule has 1 amide bonds. The zero-order chi connectivity index (χ0) is 55.0. The van der Waals surface area contributed by atoms with Crippen LogP contribution in [0.3, 0.4) is 0 Å². The summed E-state index contributed by atoms with van der Waals surface area (Å²) in [6, 6.07) is -0.717. The Bertz CT molecular complexity index is 1200. The summed E-state index contributed by atoms with van der Waals surface area (Å²) in [5.74, 6) is -0.136. The number of rotatable bonds is 60. The Morgan fingerprint density at radius 1 is 0.434 bits per heavy atom. The number of allylic oxidation sites excluding steroid dienone is 2. The number of hydrogen-bond acceptors (Lipinski definition) is 8. The van der Waals surface area contributed by atoms with Crippen LogP contribution >= 0.6 is 0 Å².